The number of fused-ring (bicyclic) bond motifs is 1. The summed E-state index contributed by atoms with van der Waals surface area (Å²) in [5.74, 6) is 0.923. The summed E-state index contributed by atoms with van der Waals surface area (Å²) in [7, 11) is 0. The SMILES string of the molecule is Cc1sc2ncnc(N3CCC(C(=O)NOCc4ccccc4)CC3)c2c1C. The summed E-state index contributed by atoms with van der Waals surface area (Å²) < 4.78 is 0. The van der Waals surface area contributed by atoms with E-state index in [1.165, 1.54) is 10.4 Å². The number of benzene rings is 1. The van der Waals surface area contributed by atoms with Crippen LogP contribution in [0.25, 0.3) is 10.2 Å². The van der Waals surface area contributed by atoms with E-state index in [4.69, 9.17) is 4.84 Å². The molecule has 1 N–H and O–H groups in total. The molecule has 1 aliphatic heterocycles. The van der Waals surface area contributed by atoms with Crippen LogP contribution >= 0.6 is 11.3 Å². The fraction of sp³-hybridized carbons (Fsp3) is 0.381. The Morgan fingerprint density at radius 1 is 1.21 bits per heavy atom. The number of rotatable bonds is 5. The van der Waals surface area contributed by atoms with E-state index in [0.29, 0.717) is 6.61 Å². The topological polar surface area (TPSA) is 67.4 Å². The van der Waals surface area contributed by atoms with Gasteiger partial charge in [-0.1, -0.05) is 30.3 Å². The number of hydroxylamine groups is 1. The first-order valence-corrected chi connectivity index (χ1v) is 10.4. The van der Waals surface area contributed by atoms with Crippen LogP contribution in [-0.2, 0) is 16.2 Å². The molecule has 3 aromatic rings. The number of hydrogen-bond acceptors (Lipinski definition) is 6. The fourth-order valence-corrected chi connectivity index (χ4v) is 4.60. The molecule has 28 heavy (non-hydrogen) atoms. The summed E-state index contributed by atoms with van der Waals surface area (Å²) in [5, 5.41) is 1.15. The Kier molecular flexibility index (Phi) is 5.54. The predicted molar refractivity (Wildman–Crippen MR) is 111 cm³/mol. The first-order chi connectivity index (χ1) is 13.6. The largest absolute Gasteiger partial charge is 0.356 e. The molecule has 1 aliphatic rings. The molecule has 0 aliphatic carbocycles. The summed E-state index contributed by atoms with van der Waals surface area (Å²) in [4.78, 5) is 31.4. The molecule has 0 radical (unpaired) electrons. The Balaban J connectivity index is 1.34. The summed E-state index contributed by atoms with van der Waals surface area (Å²) in [6, 6.07) is 9.82. The van der Waals surface area contributed by atoms with Crippen molar-refractivity contribution in [1.82, 2.24) is 15.4 Å². The maximum atomic E-state index is 12.4. The molecular weight excluding hydrogens is 372 g/mol. The van der Waals surface area contributed by atoms with Gasteiger partial charge in [-0.3, -0.25) is 9.63 Å². The van der Waals surface area contributed by atoms with Crippen LogP contribution in [0.15, 0.2) is 36.7 Å². The molecule has 0 spiro atoms. The number of carbonyl (C=O) groups excluding carboxylic acids is 1. The fourth-order valence-electron chi connectivity index (χ4n) is 3.61. The minimum absolute atomic E-state index is 0.0327. The molecule has 0 saturated carbocycles. The number of nitrogens with one attached hydrogen (secondary N) is 1. The lowest BCUT2D eigenvalue weighted by molar-refractivity contribution is -0.139. The van der Waals surface area contributed by atoms with E-state index in [-0.39, 0.29) is 11.8 Å². The molecule has 1 saturated heterocycles. The van der Waals surface area contributed by atoms with Crippen molar-refractivity contribution >= 4 is 33.3 Å². The van der Waals surface area contributed by atoms with Crippen LogP contribution in [0.3, 0.4) is 0 Å². The predicted octanol–water partition coefficient (Wildman–Crippen LogP) is 3.77. The van der Waals surface area contributed by atoms with Crippen LogP contribution < -0.4 is 10.4 Å². The van der Waals surface area contributed by atoms with Crippen LogP contribution in [0.1, 0.15) is 28.8 Å². The minimum atomic E-state index is -0.0361. The van der Waals surface area contributed by atoms with Crippen LogP contribution in [0, 0.1) is 19.8 Å². The molecule has 1 fully saturated rings. The molecule has 0 unspecified atom stereocenters. The van der Waals surface area contributed by atoms with Gasteiger partial charge in [0.2, 0.25) is 5.91 Å². The number of piperidine rings is 1. The highest BCUT2D eigenvalue weighted by molar-refractivity contribution is 7.18. The molecule has 7 heteroatoms. The van der Waals surface area contributed by atoms with E-state index in [2.05, 4.69) is 34.2 Å². The maximum Gasteiger partial charge on any atom is 0.246 e. The van der Waals surface area contributed by atoms with E-state index in [1.807, 2.05) is 30.3 Å². The van der Waals surface area contributed by atoms with Gasteiger partial charge in [-0.25, -0.2) is 15.4 Å². The normalized spacial score (nSPS) is 15.1. The van der Waals surface area contributed by atoms with Crippen molar-refractivity contribution in [2.45, 2.75) is 33.3 Å². The van der Waals surface area contributed by atoms with E-state index in [0.717, 1.165) is 47.5 Å². The molecule has 2 aromatic heterocycles. The van der Waals surface area contributed by atoms with Crippen LogP contribution in [0.5, 0.6) is 0 Å². The summed E-state index contributed by atoms with van der Waals surface area (Å²) in [5.41, 5.74) is 4.90. The molecule has 3 heterocycles. The minimum Gasteiger partial charge on any atom is -0.356 e. The van der Waals surface area contributed by atoms with Gasteiger partial charge in [-0.2, -0.15) is 0 Å². The average Bonchev–Trinajstić information content (AvgIpc) is 3.03. The number of nitrogens with zero attached hydrogens (tertiary/aromatic N) is 3. The van der Waals surface area contributed by atoms with Gasteiger partial charge in [0.15, 0.2) is 0 Å². The molecular formula is C21H24N4O2S. The maximum absolute atomic E-state index is 12.4. The molecule has 6 nitrogen and oxygen atoms in total. The summed E-state index contributed by atoms with van der Waals surface area (Å²) in [6.07, 6.45) is 3.21. The summed E-state index contributed by atoms with van der Waals surface area (Å²) in [6.45, 7) is 6.23. The van der Waals surface area contributed by atoms with Crippen molar-refractivity contribution in [3.8, 4) is 0 Å². The Labute approximate surface area is 168 Å². The number of aryl methyl sites for hydroxylation is 2. The Hall–Kier alpha value is -2.51. The smallest absolute Gasteiger partial charge is 0.246 e. The molecule has 146 valence electrons. The van der Waals surface area contributed by atoms with Gasteiger partial charge in [0.1, 0.15) is 17.0 Å². The quantitative estimate of drug-likeness (QED) is 0.665. The second-order valence-corrected chi connectivity index (χ2v) is 8.37. The van der Waals surface area contributed by atoms with Gasteiger partial charge < -0.3 is 4.90 Å². The lowest BCUT2D eigenvalue weighted by Crippen LogP contribution is -2.40. The first-order valence-electron chi connectivity index (χ1n) is 9.54. The van der Waals surface area contributed by atoms with Crippen molar-refractivity contribution in [3.05, 3.63) is 52.7 Å². The second kappa shape index (κ2) is 8.24. The number of anilines is 1. The zero-order valence-electron chi connectivity index (χ0n) is 16.1. The van der Waals surface area contributed by atoms with Crippen molar-refractivity contribution in [2.24, 2.45) is 5.92 Å². The van der Waals surface area contributed by atoms with Gasteiger partial charge in [0, 0.05) is 23.9 Å². The van der Waals surface area contributed by atoms with E-state index >= 15 is 0 Å². The molecule has 0 bridgehead atoms. The molecule has 4 rings (SSSR count). The van der Waals surface area contributed by atoms with Crippen molar-refractivity contribution in [3.63, 3.8) is 0 Å². The van der Waals surface area contributed by atoms with E-state index in [1.54, 1.807) is 17.7 Å². The average molecular weight is 397 g/mol. The number of carbonyl (C=O) groups is 1. The first kappa shape index (κ1) is 18.8. The van der Waals surface area contributed by atoms with Crippen LogP contribution in [0.4, 0.5) is 5.82 Å². The van der Waals surface area contributed by atoms with E-state index in [9.17, 15) is 4.79 Å². The van der Waals surface area contributed by atoms with Crippen LogP contribution in [-0.4, -0.2) is 29.0 Å². The number of thiophene rings is 1. The van der Waals surface area contributed by atoms with E-state index < -0.39 is 0 Å². The third-order valence-corrected chi connectivity index (χ3v) is 6.48. The van der Waals surface area contributed by atoms with Crippen molar-refractivity contribution in [1.29, 1.82) is 0 Å². The molecule has 1 aromatic carbocycles. The monoisotopic (exact) mass is 396 g/mol. The van der Waals surface area contributed by atoms with Gasteiger partial charge in [-0.05, 0) is 37.8 Å². The highest BCUT2D eigenvalue weighted by Crippen LogP contribution is 2.35. The number of hydrogen-bond donors (Lipinski definition) is 1. The van der Waals surface area contributed by atoms with Crippen molar-refractivity contribution in [2.75, 3.05) is 18.0 Å². The third-order valence-electron chi connectivity index (χ3n) is 5.37. The molecule has 1 amide bonds. The lowest BCUT2D eigenvalue weighted by atomic mass is 9.96. The van der Waals surface area contributed by atoms with Crippen molar-refractivity contribution < 1.29 is 9.63 Å². The highest BCUT2D eigenvalue weighted by atomic mass is 32.1. The third kappa shape index (κ3) is 3.86. The highest BCUT2D eigenvalue weighted by Gasteiger charge is 2.27. The van der Waals surface area contributed by atoms with Gasteiger partial charge in [0.05, 0.1) is 12.0 Å². The van der Waals surface area contributed by atoms with Crippen LogP contribution in [0.2, 0.25) is 0 Å². The lowest BCUT2D eigenvalue weighted by Gasteiger charge is -2.32. The van der Waals surface area contributed by atoms with Gasteiger partial charge in [0.25, 0.3) is 0 Å². The Bertz CT molecular complexity index is 965. The van der Waals surface area contributed by atoms with Gasteiger partial charge in [-0.15, -0.1) is 11.3 Å². The zero-order chi connectivity index (χ0) is 19.5. The Morgan fingerprint density at radius 3 is 2.71 bits per heavy atom. The number of aromatic nitrogens is 2. The summed E-state index contributed by atoms with van der Waals surface area (Å²) >= 11 is 1.71. The zero-order valence-corrected chi connectivity index (χ0v) is 17.0. The number of amides is 1. The van der Waals surface area contributed by atoms with Gasteiger partial charge >= 0.3 is 0 Å². The molecule has 0 atom stereocenters. The second-order valence-electron chi connectivity index (χ2n) is 7.16. The standard InChI is InChI=1S/C21H24N4O2S/c1-14-15(2)28-21-18(14)19(22-13-23-21)25-10-8-17(9-11-25)20(26)24-27-12-16-6-4-3-5-7-16/h3-7,13,17H,8-12H2,1-2H3,(H,24,26). The Morgan fingerprint density at radius 2 is 1.96 bits per heavy atom.